The van der Waals surface area contributed by atoms with E-state index in [0.29, 0.717) is 41.1 Å². The lowest BCUT2D eigenvalue weighted by atomic mass is 10.1. The third kappa shape index (κ3) is 4.88. The predicted octanol–water partition coefficient (Wildman–Crippen LogP) is 3.83. The molecular formula is C22H23N5O2S. The summed E-state index contributed by atoms with van der Waals surface area (Å²) in [5.74, 6) is 1.90. The van der Waals surface area contributed by atoms with Crippen molar-refractivity contribution in [2.24, 2.45) is 0 Å². The Labute approximate surface area is 181 Å². The molecule has 0 bridgehead atoms. The highest BCUT2D eigenvalue weighted by Gasteiger charge is 2.09. The van der Waals surface area contributed by atoms with Crippen molar-refractivity contribution in [3.05, 3.63) is 53.6 Å². The molecule has 0 unspecified atom stereocenters. The van der Waals surface area contributed by atoms with Crippen LogP contribution in [0.2, 0.25) is 0 Å². The van der Waals surface area contributed by atoms with Crippen LogP contribution in [0.5, 0.6) is 11.5 Å². The minimum atomic E-state index is 0.461. The molecule has 0 amide bonds. The number of aromatic nitrogens is 1. The number of aryl methyl sites for hydroxylation is 1. The first-order chi connectivity index (χ1) is 14.5. The molecule has 0 aliphatic rings. The molecule has 1 aromatic heterocycles. The lowest BCUT2D eigenvalue weighted by Gasteiger charge is -2.15. The lowest BCUT2D eigenvalue weighted by Crippen LogP contribution is -2.32. The van der Waals surface area contributed by atoms with Crippen molar-refractivity contribution in [3.8, 4) is 17.6 Å². The van der Waals surface area contributed by atoms with Crippen LogP contribution in [0.15, 0.2) is 42.5 Å². The van der Waals surface area contributed by atoms with Gasteiger partial charge >= 0.3 is 0 Å². The maximum absolute atomic E-state index is 9.45. The Bertz CT molecular complexity index is 1110. The smallest absolute Gasteiger partial charge is 0.170 e. The first kappa shape index (κ1) is 21.1. The van der Waals surface area contributed by atoms with Crippen LogP contribution in [0.4, 0.5) is 11.5 Å². The van der Waals surface area contributed by atoms with E-state index in [1.807, 2.05) is 43.3 Å². The number of pyridine rings is 1. The van der Waals surface area contributed by atoms with E-state index in [1.165, 1.54) is 0 Å². The van der Waals surface area contributed by atoms with Crippen molar-refractivity contribution in [3.63, 3.8) is 0 Å². The fraction of sp³-hybridized carbons (Fsp3) is 0.227. The molecule has 0 aliphatic heterocycles. The molecule has 30 heavy (non-hydrogen) atoms. The van der Waals surface area contributed by atoms with Crippen molar-refractivity contribution < 1.29 is 9.47 Å². The number of fused-ring (bicyclic) bond motifs is 1. The van der Waals surface area contributed by atoms with Gasteiger partial charge in [0.25, 0.3) is 0 Å². The highest BCUT2D eigenvalue weighted by atomic mass is 32.1. The number of benzene rings is 2. The molecule has 0 spiro atoms. The van der Waals surface area contributed by atoms with Gasteiger partial charge in [0, 0.05) is 24.5 Å². The fourth-order valence-electron chi connectivity index (χ4n) is 2.99. The number of rotatable bonds is 7. The number of anilines is 2. The third-order valence-corrected chi connectivity index (χ3v) is 4.77. The molecule has 0 aliphatic carbocycles. The normalized spacial score (nSPS) is 10.2. The number of thiocarbonyl (C=S) groups is 1. The van der Waals surface area contributed by atoms with Gasteiger partial charge in [-0.25, -0.2) is 4.98 Å². The highest BCUT2D eigenvalue weighted by Crippen LogP contribution is 2.29. The van der Waals surface area contributed by atoms with Gasteiger partial charge in [-0.2, -0.15) is 5.26 Å². The molecule has 3 rings (SSSR count). The molecule has 0 atom stereocenters. The standard InChI is InChI=1S/C22H23N5O2S/c1-14-5-4-6-15-11-16(13-23)21(27-20(14)15)24-9-10-25-22(30)26-18-8-7-17(28-2)12-19(18)29-3/h4-8,11-12H,9-10H2,1-3H3,(H,24,27)(H2,25,26,30). The summed E-state index contributed by atoms with van der Waals surface area (Å²) in [6, 6.07) is 15.4. The van der Waals surface area contributed by atoms with E-state index in [-0.39, 0.29) is 0 Å². The number of para-hydroxylation sites is 1. The zero-order valence-corrected chi connectivity index (χ0v) is 17.9. The Kier molecular flexibility index (Phi) is 6.88. The molecule has 154 valence electrons. The van der Waals surface area contributed by atoms with Gasteiger partial charge in [-0.1, -0.05) is 18.2 Å². The van der Waals surface area contributed by atoms with Crippen molar-refractivity contribution in [2.45, 2.75) is 6.92 Å². The summed E-state index contributed by atoms with van der Waals surface area (Å²) in [5.41, 5.74) is 3.20. The maximum atomic E-state index is 9.45. The van der Waals surface area contributed by atoms with E-state index in [2.05, 4.69) is 27.0 Å². The molecule has 7 nitrogen and oxygen atoms in total. The number of ether oxygens (including phenoxy) is 2. The molecule has 0 saturated heterocycles. The molecule has 0 saturated carbocycles. The van der Waals surface area contributed by atoms with Gasteiger partial charge in [0.15, 0.2) is 5.11 Å². The molecule has 3 aromatic rings. The maximum Gasteiger partial charge on any atom is 0.170 e. The Morgan fingerprint density at radius 1 is 1.13 bits per heavy atom. The van der Waals surface area contributed by atoms with Crippen LogP contribution in [0.25, 0.3) is 10.9 Å². The number of nitriles is 1. The monoisotopic (exact) mass is 421 g/mol. The van der Waals surface area contributed by atoms with Gasteiger partial charge in [0.05, 0.1) is 31.0 Å². The van der Waals surface area contributed by atoms with E-state index < -0.39 is 0 Å². The van der Waals surface area contributed by atoms with Gasteiger partial charge in [0.2, 0.25) is 0 Å². The van der Waals surface area contributed by atoms with Crippen LogP contribution in [0, 0.1) is 18.3 Å². The Morgan fingerprint density at radius 2 is 1.97 bits per heavy atom. The second-order valence-corrected chi connectivity index (χ2v) is 6.93. The van der Waals surface area contributed by atoms with Gasteiger partial charge in [-0.15, -0.1) is 0 Å². The molecule has 0 fully saturated rings. The van der Waals surface area contributed by atoms with Crippen molar-refractivity contribution in [2.75, 3.05) is 37.9 Å². The summed E-state index contributed by atoms with van der Waals surface area (Å²) >= 11 is 5.36. The summed E-state index contributed by atoms with van der Waals surface area (Å²) in [6.45, 7) is 3.09. The van der Waals surface area contributed by atoms with Crippen molar-refractivity contribution in [1.82, 2.24) is 10.3 Å². The van der Waals surface area contributed by atoms with E-state index in [0.717, 1.165) is 22.2 Å². The molecule has 1 heterocycles. The number of nitrogens with one attached hydrogen (secondary N) is 3. The van der Waals surface area contributed by atoms with Crippen molar-refractivity contribution >= 4 is 39.7 Å². The van der Waals surface area contributed by atoms with Gasteiger partial charge in [0.1, 0.15) is 23.4 Å². The molecule has 0 radical (unpaired) electrons. The summed E-state index contributed by atoms with van der Waals surface area (Å²) in [6.07, 6.45) is 0. The topological polar surface area (TPSA) is 91.2 Å². The Balaban J connectivity index is 1.58. The number of hydrogen-bond donors (Lipinski definition) is 3. The summed E-state index contributed by atoms with van der Waals surface area (Å²) in [4.78, 5) is 4.63. The second kappa shape index (κ2) is 9.76. The highest BCUT2D eigenvalue weighted by molar-refractivity contribution is 7.80. The third-order valence-electron chi connectivity index (χ3n) is 4.53. The zero-order valence-electron chi connectivity index (χ0n) is 17.1. The van der Waals surface area contributed by atoms with E-state index in [4.69, 9.17) is 21.7 Å². The van der Waals surface area contributed by atoms with Crippen LogP contribution in [0.3, 0.4) is 0 Å². The first-order valence-electron chi connectivity index (χ1n) is 9.37. The van der Waals surface area contributed by atoms with E-state index in [9.17, 15) is 5.26 Å². The molecular weight excluding hydrogens is 398 g/mol. The minimum Gasteiger partial charge on any atom is -0.497 e. The van der Waals surface area contributed by atoms with Crippen LogP contribution in [-0.2, 0) is 0 Å². The van der Waals surface area contributed by atoms with Crippen molar-refractivity contribution in [1.29, 1.82) is 5.26 Å². The first-order valence-corrected chi connectivity index (χ1v) is 9.77. The van der Waals surface area contributed by atoms with Gasteiger partial charge in [-0.3, -0.25) is 0 Å². The minimum absolute atomic E-state index is 0.461. The van der Waals surface area contributed by atoms with Crippen LogP contribution in [-0.4, -0.2) is 37.4 Å². The molecule has 3 N–H and O–H groups in total. The second-order valence-electron chi connectivity index (χ2n) is 6.52. The quantitative estimate of drug-likeness (QED) is 0.392. The Hall–Kier alpha value is -3.57. The number of nitrogens with zero attached hydrogens (tertiary/aromatic N) is 2. The summed E-state index contributed by atoms with van der Waals surface area (Å²) in [7, 11) is 3.19. The van der Waals surface area contributed by atoms with Gasteiger partial charge < -0.3 is 25.4 Å². The van der Waals surface area contributed by atoms with Crippen LogP contribution in [0.1, 0.15) is 11.1 Å². The number of hydrogen-bond acceptors (Lipinski definition) is 6. The lowest BCUT2D eigenvalue weighted by molar-refractivity contribution is 0.395. The fourth-order valence-corrected chi connectivity index (χ4v) is 3.20. The zero-order chi connectivity index (χ0) is 21.5. The average Bonchev–Trinajstić information content (AvgIpc) is 2.76. The molecule has 8 heteroatoms. The number of methoxy groups -OCH3 is 2. The van der Waals surface area contributed by atoms with E-state index >= 15 is 0 Å². The van der Waals surface area contributed by atoms with Gasteiger partial charge in [-0.05, 0) is 42.9 Å². The summed E-state index contributed by atoms with van der Waals surface area (Å²) < 4.78 is 10.6. The van der Waals surface area contributed by atoms with E-state index in [1.54, 1.807) is 20.3 Å². The summed E-state index contributed by atoms with van der Waals surface area (Å²) in [5, 5.41) is 20.3. The SMILES string of the molecule is COc1ccc(NC(=S)NCCNc2nc3c(C)cccc3cc2C#N)c(OC)c1. The van der Waals surface area contributed by atoms with Crippen LogP contribution < -0.4 is 25.4 Å². The van der Waals surface area contributed by atoms with Crippen LogP contribution >= 0.6 is 12.2 Å². The Morgan fingerprint density at radius 3 is 2.70 bits per heavy atom. The molecule has 2 aromatic carbocycles. The largest absolute Gasteiger partial charge is 0.497 e. The average molecular weight is 422 g/mol. The predicted molar refractivity (Wildman–Crippen MR) is 123 cm³/mol.